The van der Waals surface area contributed by atoms with Crippen LogP contribution < -0.4 is 0 Å². The van der Waals surface area contributed by atoms with Crippen molar-refractivity contribution in [3.05, 3.63) is 0 Å². The van der Waals surface area contributed by atoms with Crippen molar-refractivity contribution >= 4 is 15.9 Å². The molecule has 1 aliphatic rings. The van der Waals surface area contributed by atoms with Crippen LogP contribution >= 0.6 is 15.9 Å². The third kappa shape index (κ3) is 3.70. The molecule has 2 atom stereocenters. The highest BCUT2D eigenvalue weighted by Gasteiger charge is 2.35. The van der Waals surface area contributed by atoms with Crippen LogP contribution in [0.1, 0.15) is 13.8 Å². The summed E-state index contributed by atoms with van der Waals surface area (Å²) in [7, 11) is 3.52. The van der Waals surface area contributed by atoms with E-state index in [-0.39, 0.29) is 12.2 Å². The number of hydrogen-bond donors (Lipinski definition) is 0. The molecule has 1 fully saturated rings. The molecule has 1 rings (SSSR count). The Balaban J connectivity index is 2.47. The zero-order chi connectivity index (χ0) is 11.5. The van der Waals surface area contributed by atoms with Gasteiger partial charge in [0.15, 0.2) is 0 Å². The van der Waals surface area contributed by atoms with Crippen LogP contribution in [0.15, 0.2) is 0 Å². The normalized spacial score (nSPS) is 28.6. The summed E-state index contributed by atoms with van der Waals surface area (Å²) in [5.74, 6) is 0. The number of hydrogen-bond acceptors (Lipinski definition) is 3. The monoisotopic (exact) mass is 279 g/mol. The van der Waals surface area contributed by atoms with Gasteiger partial charge in [-0.15, -0.1) is 0 Å². The van der Waals surface area contributed by atoms with E-state index in [2.05, 4.69) is 34.7 Å². The van der Waals surface area contributed by atoms with E-state index in [9.17, 15) is 0 Å². The van der Waals surface area contributed by atoms with Gasteiger partial charge < -0.3 is 9.47 Å². The second-order valence-electron chi connectivity index (χ2n) is 5.04. The molecule has 0 N–H and O–H groups in total. The van der Waals surface area contributed by atoms with Crippen molar-refractivity contribution in [1.82, 2.24) is 4.90 Å². The van der Waals surface area contributed by atoms with Crippen LogP contribution in [0.3, 0.4) is 0 Å². The number of alkyl halides is 1. The van der Waals surface area contributed by atoms with Gasteiger partial charge in [-0.3, -0.25) is 4.90 Å². The molecule has 3 nitrogen and oxygen atoms in total. The van der Waals surface area contributed by atoms with Crippen LogP contribution in [0.25, 0.3) is 0 Å². The van der Waals surface area contributed by atoms with Crippen molar-refractivity contribution in [2.45, 2.75) is 26.1 Å². The zero-order valence-electron chi connectivity index (χ0n) is 10.1. The molecule has 90 valence electrons. The maximum Gasteiger partial charge on any atom is 0.0971 e. The van der Waals surface area contributed by atoms with Gasteiger partial charge in [-0.2, -0.15) is 0 Å². The van der Waals surface area contributed by atoms with Crippen molar-refractivity contribution in [1.29, 1.82) is 0 Å². The quantitative estimate of drug-likeness (QED) is 0.716. The smallest absolute Gasteiger partial charge is 0.0971 e. The minimum Gasteiger partial charge on any atom is -0.377 e. The predicted molar refractivity (Wildman–Crippen MR) is 65.6 cm³/mol. The highest BCUT2D eigenvalue weighted by molar-refractivity contribution is 9.09. The summed E-state index contributed by atoms with van der Waals surface area (Å²) >= 11 is 3.55. The van der Waals surface area contributed by atoms with Crippen LogP contribution in [-0.4, -0.2) is 56.3 Å². The van der Waals surface area contributed by atoms with Crippen molar-refractivity contribution in [2.75, 3.05) is 39.2 Å². The summed E-state index contributed by atoms with van der Waals surface area (Å²) < 4.78 is 10.8. The van der Waals surface area contributed by atoms with E-state index in [4.69, 9.17) is 9.47 Å². The molecule has 1 saturated heterocycles. The molecule has 0 bridgehead atoms. The van der Waals surface area contributed by atoms with Gasteiger partial charge in [-0.25, -0.2) is 0 Å². The molecular formula is C11H22BrNO2. The molecular weight excluding hydrogens is 258 g/mol. The second kappa shape index (κ2) is 5.62. The van der Waals surface area contributed by atoms with Crippen LogP contribution in [-0.2, 0) is 9.47 Å². The summed E-state index contributed by atoms with van der Waals surface area (Å²) in [5.41, 5.74) is 0.306. The van der Waals surface area contributed by atoms with E-state index >= 15 is 0 Å². The second-order valence-corrected chi connectivity index (χ2v) is 5.60. The molecule has 0 saturated carbocycles. The highest BCUT2D eigenvalue weighted by Crippen LogP contribution is 2.24. The molecule has 0 aromatic rings. The van der Waals surface area contributed by atoms with E-state index in [1.807, 2.05) is 0 Å². The molecule has 1 heterocycles. The molecule has 0 spiro atoms. The first-order chi connectivity index (χ1) is 7.02. The third-order valence-corrected chi connectivity index (χ3v) is 4.43. The van der Waals surface area contributed by atoms with E-state index < -0.39 is 0 Å². The average molecular weight is 280 g/mol. The van der Waals surface area contributed by atoms with Gasteiger partial charge >= 0.3 is 0 Å². The SMILES string of the molecule is COC1CN(CC(C)(C)CBr)CC1OC. The van der Waals surface area contributed by atoms with Gasteiger partial charge in [0.1, 0.15) is 0 Å². The van der Waals surface area contributed by atoms with Crippen LogP contribution in [0.5, 0.6) is 0 Å². The molecule has 0 amide bonds. The van der Waals surface area contributed by atoms with Gasteiger partial charge in [-0.05, 0) is 5.41 Å². The Bertz CT molecular complexity index is 187. The van der Waals surface area contributed by atoms with Crippen LogP contribution in [0, 0.1) is 5.41 Å². The summed E-state index contributed by atoms with van der Waals surface area (Å²) in [6.07, 6.45) is 0.447. The molecule has 0 aromatic heterocycles. The fraction of sp³-hybridized carbons (Fsp3) is 1.00. The standard InChI is InChI=1S/C11H22BrNO2/c1-11(2,7-12)8-13-5-9(14-3)10(6-13)15-4/h9-10H,5-8H2,1-4H3. The lowest BCUT2D eigenvalue weighted by molar-refractivity contribution is -0.00461. The Labute approximate surface area is 101 Å². The first kappa shape index (κ1) is 13.4. The van der Waals surface area contributed by atoms with Crippen molar-refractivity contribution in [3.8, 4) is 0 Å². The largest absolute Gasteiger partial charge is 0.377 e. The van der Waals surface area contributed by atoms with Crippen LogP contribution in [0.4, 0.5) is 0 Å². The Hall–Kier alpha value is 0.360. The topological polar surface area (TPSA) is 21.7 Å². The lowest BCUT2D eigenvalue weighted by atomic mass is 9.96. The van der Waals surface area contributed by atoms with E-state index in [1.165, 1.54) is 0 Å². The molecule has 15 heavy (non-hydrogen) atoms. The highest BCUT2D eigenvalue weighted by atomic mass is 79.9. The third-order valence-electron chi connectivity index (χ3n) is 2.91. The Morgan fingerprint density at radius 1 is 1.20 bits per heavy atom. The van der Waals surface area contributed by atoms with Crippen molar-refractivity contribution in [2.24, 2.45) is 5.41 Å². The number of rotatable bonds is 5. The molecule has 2 unspecified atom stereocenters. The van der Waals surface area contributed by atoms with Gasteiger partial charge in [0.25, 0.3) is 0 Å². The Kier molecular flexibility index (Phi) is 5.03. The molecule has 4 heteroatoms. The van der Waals surface area contributed by atoms with Gasteiger partial charge in [-0.1, -0.05) is 29.8 Å². The fourth-order valence-electron chi connectivity index (χ4n) is 2.05. The van der Waals surface area contributed by atoms with E-state index in [0.717, 1.165) is 25.0 Å². The number of nitrogens with zero attached hydrogens (tertiary/aromatic N) is 1. The molecule has 1 aliphatic heterocycles. The molecule has 0 aliphatic carbocycles. The van der Waals surface area contributed by atoms with Crippen molar-refractivity contribution in [3.63, 3.8) is 0 Å². The molecule has 0 radical (unpaired) electrons. The van der Waals surface area contributed by atoms with Gasteiger partial charge in [0.05, 0.1) is 12.2 Å². The first-order valence-corrected chi connectivity index (χ1v) is 6.48. The number of methoxy groups -OCH3 is 2. The minimum atomic E-state index is 0.223. The summed E-state index contributed by atoms with van der Waals surface area (Å²) in [6.45, 7) is 7.57. The average Bonchev–Trinajstić information content (AvgIpc) is 2.59. The van der Waals surface area contributed by atoms with E-state index in [0.29, 0.717) is 5.41 Å². The zero-order valence-corrected chi connectivity index (χ0v) is 11.7. The summed E-state index contributed by atoms with van der Waals surface area (Å²) in [5, 5.41) is 1.02. The van der Waals surface area contributed by atoms with E-state index in [1.54, 1.807) is 14.2 Å². The predicted octanol–water partition coefficient (Wildman–Crippen LogP) is 1.75. The summed E-state index contributed by atoms with van der Waals surface area (Å²) in [6, 6.07) is 0. The first-order valence-electron chi connectivity index (χ1n) is 5.36. The van der Waals surface area contributed by atoms with Crippen molar-refractivity contribution < 1.29 is 9.47 Å². The Morgan fingerprint density at radius 2 is 1.67 bits per heavy atom. The van der Waals surface area contributed by atoms with Gasteiger partial charge in [0.2, 0.25) is 0 Å². The number of halogens is 1. The number of likely N-dealkylation sites (tertiary alicyclic amines) is 1. The fourth-order valence-corrected chi connectivity index (χ4v) is 2.23. The molecule has 0 aromatic carbocycles. The maximum absolute atomic E-state index is 5.41. The Morgan fingerprint density at radius 3 is 2.00 bits per heavy atom. The maximum atomic E-state index is 5.41. The van der Waals surface area contributed by atoms with Gasteiger partial charge in [0, 0.05) is 39.2 Å². The lowest BCUT2D eigenvalue weighted by Gasteiger charge is -2.28. The van der Waals surface area contributed by atoms with Crippen LogP contribution in [0.2, 0.25) is 0 Å². The number of ether oxygens (including phenoxy) is 2. The minimum absolute atomic E-state index is 0.223. The lowest BCUT2D eigenvalue weighted by Crippen LogP contribution is -2.34. The summed E-state index contributed by atoms with van der Waals surface area (Å²) in [4.78, 5) is 2.42.